The average Bonchev–Trinajstić information content (AvgIpc) is 2.27. The van der Waals surface area contributed by atoms with Crippen LogP contribution < -0.4 is 5.73 Å². The number of nitrogens with two attached hydrogens (primary N) is 1. The second kappa shape index (κ2) is 6.98. The fraction of sp³-hybridized carbons (Fsp3) is 1.00. The summed E-state index contributed by atoms with van der Waals surface area (Å²) >= 11 is 0. The predicted octanol–water partition coefficient (Wildman–Crippen LogP) is -0.852. The minimum absolute atomic E-state index is 0.0382. The number of sulfone groups is 1. The van der Waals surface area contributed by atoms with Gasteiger partial charge in [0.15, 0.2) is 14.9 Å². The Kier molecular flexibility index (Phi) is 6.18. The minimum atomic E-state index is -3.72. The van der Waals surface area contributed by atoms with E-state index in [1.807, 2.05) is 0 Å². The van der Waals surface area contributed by atoms with Crippen molar-refractivity contribution in [3.8, 4) is 0 Å². The van der Waals surface area contributed by atoms with Crippen LogP contribution in [0.2, 0.25) is 0 Å². The first-order chi connectivity index (χ1) is 8.74. The maximum atomic E-state index is 11.9. The third kappa shape index (κ3) is 6.17. The number of ether oxygens (including phenoxy) is 1. The molecule has 0 unspecified atom stereocenters. The molecule has 1 aliphatic rings. The van der Waals surface area contributed by atoms with Gasteiger partial charge in [0, 0.05) is 26.0 Å². The summed E-state index contributed by atoms with van der Waals surface area (Å²) in [6.07, 6.45) is 2.93. The highest BCUT2D eigenvalue weighted by molar-refractivity contribution is 8.06. The van der Waals surface area contributed by atoms with Crippen LogP contribution in [-0.2, 0) is 24.6 Å². The summed E-state index contributed by atoms with van der Waals surface area (Å²) in [5, 5.41) is -0.821. The van der Waals surface area contributed by atoms with Crippen molar-refractivity contribution >= 4 is 19.9 Å². The van der Waals surface area contributed by atoms with Crippen molar-refractivity contribution in [2.45, 2.75) is 25.4 Å². The fourth-order valence-corrected chi connectivity index (χ4v) is 5.48. The number of sulfonamides is 1. The quantitative estimate of drug-likeness (QED) is 0.613. The number of piperidine rings is 1. The average molecular weight is 314 g/mol. The van der Waals surface area contributed by atoms with Crippen molar-refractivity contribution in [3.05, 3.63) is 0 Å². The van der Waals surface area contributed by atoms with E-state index >= 15 is 0 Å². The molecular formula is C10H22N2O5S2. The van der Waals surface area contributed by atoms with Gasteiger partial charge in [-0.3, -0.25) is 0 Å². The van der Waals surface area contributed by atoms with Gasteiger partial charge in [-0.05, 0) is 25.8 Å². The molecule has 1 rings (SSSR count). The molecule has 0 amide bonds. The molecule has 0 radical (unpaired) electrons. The standard InChI is InChI=1S/C10H22N2O5S2/c1-18(13,14)9-19(15,16)12-6-3-10(4-7-12)17-8-2-5-11/h10H,2-9,11H2,1H3. The summed E-state index contributed by atoms with van der Waals surface area (Å²) in [6, 6.07) is 0. The van der Waals surface area contributed by atoms with Crippen LogP contribution in [0.25, 0.3) is 0 Å². The Morgan fingerprint density at radius 1 is 1.21 bits per heavy atom. The zero-order valence-corrected chi connectivity index (χ0v) is 12.7. The molecule has 0 aromatic heterocycles. The van der Waals surface area contributed by atoms with E-state index in [9.17, 15) is 16.8 Å². The summed E-state index contributed by atoms with van der Waals surface area (Å²) in [4.78, 5) is 0. The van der Waals surface area contributed by atoms with Gasteiger partial charge in [0.05, 0.1) is 6.10 Å². The first kappa shape index (κ1) is 16.8. The minimum Gasteiger partial charge on any atom is -0.378 e. The van der Waals surface area contributed by atoms with Gasteiger partial charge in [-0.1, -0.05) is 0 Å². The Hall–Kier alpha value is -0.220. The summed E-state index contributed by atoms with van der Waals surface area (Å²) in [7, 11) is -7.26. The highest BCUT2D eigenvalue weighted by atomic mass is 32.3. The fourth-order valence-electron chi connectivity index (χ4n) is 1.96. The molecule has 0 bridgehead atoms. The van der Waals surface area contributed by atoms with E-state index in [1.54, 1.807) is 0 Å². The van der Waals surface area contributed by atoms with Gasteiger partial charge in [-0.15, -0.1) is 0 Å². The van der Waals surface area contributed by atoms with Crippen LogP contribution in [0.5, 0.6) is 0 Å². The predicted molar refractivity (Wildman–Crippen MR) is 72.8 cm³/mol. The molecule has 1 saturated heterocycles. The van der Waals surface area contributed by atoms with Gasteiger partial charge in [-0.2, -0.15) is 0 Å². The molecule has 9 heteroatoms. The van der Waals surface area contributed by atoms with Gasteiger partial charge in [0.2, 0.25) is 10.0 Å². The molecule has 2 N–H and O–H groups in total. The highest BCUT2D eigenvalue weighted by Crippen LogP contribution is 2.17. The lowest BCUT2D eigenvalue weighted by Crippen LogP contribution is -2.43. The summed E-state index contributed by atoms with van der Waals surface area (Å²) in [5.41, 5.74) is 5.36. The van der Waals surface area contributed by atoms with E-state index in [4.69, 9.17) is 10.5 Å². The van der Waals surface area contributed by atoms with E-state index in [0.29, 0.717) is 39.1 Å². The third-order valence-corrected chi connectivity index (χ3v) is 6.92. The SMILES string of the molecule is CS(=O)(=O)CS(=O)(=O)N1CCC(OCCCN)CC1. The van der Waals surface area contributed by atoms with Crippen LogP contribution in [0.3, 0.4) is 0 Å². The number of hydrogen-bond acceptors (Lipinski definition) is 6. The molecule has 0 aromatic rings. The zero-order valence-electron chi connectivity index (χ0n) is 11.1. The number of rotatable bonds is 7. The zero-order chi connectivity index (χ0) is 14.5. The van der Waals surface area contributed by atoms with Crippen LogP contribution >= 0.6 is 0 Å². The molecule has 1 aliphatic heterocycles. The molecule has 0 aromatic carbocycles. The molecule has 0 aliphatic carbocycles. The monoisotopic (exact) mass is 314 g/mol. The van der Waals surface area contributed by atoms with E-state index in [-0.39, 0.29) is 6.10 Å². The van der Waals surface area contributed by atoms with Crippen LogP contribution in [0, 0.1) is 0 Å². The third-order valence-electron chi connectivity index (χ3n) is 2.86. The van der Waals surface area contributed by atoms with Crippen molar-refractivity contribution in [2.75, 3.05) is 37.6 Å². The number of hydrogen-bond donors (Lipinski definition) is 1. The van der Waals surface area contributed by atoms with E-state index < -0.39 is 24.9 Å². The number of nitrogens with zero attached hydrogens (tertiary/aromatic N) is 1. The molecule has 114 valence electrons. The van der Waals surface area contributed by atoms with Crippen LogP contribution in [0.4, 0.5) is 0 Å². The van der Waals surface area contributed by atoms with Gasteiger partial charge >= 0.3 is 0 Å². The summed E-state index contributed by atoms with van der Waals surface area (Å²) in [5.74, 6) is 0. The van der Waals surface area contributed by atoms with Gasteiger partial charge in [0.1, 0.15) is 0 Å². The molecular weight excluding hydrogens is 292 g/mol. The Bertz CT molecular complexity index is 466. The maximum Gasteiger partial charge on any atom is 0.228 e. The Morgan fingerprint density at radius 3 is 2.26 bits per heavy atom. The molecule has 7 nitrogen and oxygen atoms in total. The topological polar surface area (TPSA) is 107 Å². The largest absolute Gasteiger partial charge is 0.378 e. The van der Waals surface area contributed by atoms with Gasteiger partial charge in [0.25, 0.3) is 0 Å². The maximum absolute atomic E-state index is 11.9. The Labute approximate surface area is 115 Å². The normalized spacial score (nSPS) is 19.7. The second-order valence-electron chi connectivity index (χ2n) is 4.77. The van der Waals surface area contributed by atoms with Crippen LogP contribution in [-0.4, -0.2) is 64.8 Å². The molecule has 0 spiro atoms. The van der Waals surface area contributed by atoms with Crippen molar-refractivity contribution in [1.82, 2.24) is 4.31 Å². The lowest BCUT2D eigenvalue weighted by atomic mass is 10.1. The van der Waals surface area contributed by atoms with E-state index in [0.717, 1.165) is 12.7 Å². The molecule has 19 heavy (non-hydrogen) atoms. The van der Waals surface area contributed by atoms with Crippen molar-refractivity contribution in [2.24, 2.45) is 5.73 Å². The molecule has 1 fully saturated rings. The van der Waals surface area contributed by atoms with Gasteiger partial charge in [-0.25, -0.2) is 21.1 Å². The van der Waals surface area contributed by atoms with Crippen molar-refractivity contribution in [3.63, 3.8) is 0 Å². The summed E-state index contributed by atoms with van der Waals surface area (Å²) < 4.78 is 52.7. The lowest BCUT2D eigenvalue weighted by molar-refractivity contribution is 0.0209. The Balaban J connectivity index is 2.45. The van der Waals surface area contributed by atoms with Crippen molar-refractivity contribution in [1.29, 1.82) is 0 Å². The van der Waals surface area contributed by atoms with Crippen LogP contribution in [0.1, 0.15) is 19.3 Å². The summed E-state index contributed by atoms with van der Waals surface area (Å²) in [6.45, 7) is 1.77. The smallest absolute Gasteiger partial charge is 0.228 e. The Morgan fingerprint density at radius 2 is 1.79 bits per heavy atom. The van der Waals surface area contributed by atoms with Gasteiger partial charge < -0.3 is 10.5 Å². The molecule has 0 saturated carbocycles. The van der Waals surface area contributed by atoms with E-state index in [1.165, 1.54) is 4.31 Å². The molecule has 1 heterocycles. The van der Waals surface area contributed by atoms with Crippen molar-refractivity contribution < 1.29 is 21.6 Å². The highest BCUT2D eigenvalue weighted by Gasteiger charge is 2.30. The second-order valence-corrected chi connectivity index (χ2v) is 9.24. The first-order valence-electron chi connectivity index (χ1n) is 6.22. The molecule has 0 atom stereocenters. The van der Waals surface area contributed by atoms with Crippen LogP contribution in [0.15, 0.2) is 0 Å². The lowest BCUT2D eigenvalue weighted by Gasteiger charge is -2.30. The van der Waals surface area contributed by atoms with E-state index in [2.05, 4.69) is 0 Å². The first-order valence-corrected chi connectivity index (χ1v) is 9.89.